The van der Waals surface area contributed by atoms with E-state index in [2.05, 4.69) is 26.0 Å². The summed E-state index contributed by atoms with van der Waals surface area (Å²) >= 11 is 3.08. The summed E-state index contributed by atoms with van der Waals surface area (Å²) in [4.78, 5) is -0.354. The molecule has 1 unspecified atom stereocenters. The zero-order valence-electron chi connectivity index (χ0n) is 10.0. The van der Waals surface area contributed by atoms with Crippen molar-refractivity contribution in [3.8, 4) is 0 Å². The molecule has 1 fully saturated rings. The van der Waals surface area contributed by atoms with E-state index in [9.17, 15) is 12.8 Å². The smallest absolute Gasteiger partial charge is 0.243 e. The van der Waals surface area contributed by atoms with Gasteiger partial charge in [-0.3, -0.25) is 0 Å². The zero-order chi connectivity index (χ0) is 13.9. The van der Waals surface area contributed by atoms with E-state index in [4.69, 9.17) is 4.74 Å². The molecular formula is C11H14BrFN2O3S. The fourth-order valence-electron chi connectivity index (χ4n) is 1.73. The summed E-state index contributed by atoms with van der Waals surface area (Å²) in [5.74, 6) is -0.783. The van der Waals surface area contributed by atoms with E-state index in [0.717, 1.165) is 6.07 Å². The molecule has 19 heavy (non-hydrogen) atoms. The Kier molecular flexibility index (Phi) is 4.91. The number of hydrogen-bond donors (Lipinski definition) is 2. The van der Waals surface area contributed by atoms with Gasteiger partial charge in [0.15, 0.2) is 0 Å². The van der Waals surface area contributed by atoms with Crippen molar-refractivity contribution in [3.05, 3.63) is 28.5 Å². The average molecular weight is 353 g/mol. The molecule has 1 aromatic rings. The van der Waals surface area contributed by atoms with E-state index in [1.807, 2.05) is 0 Å². The quantitative estimate of drug-likeness (QED) is 0.843. The zero-order valence-corrected chi connectivity index (χ0v) is 12.4. The Balaban J connectivity index is 2.05. The Hall–Kier alpha value is -0.540. The van der Waals surface area contributed by atoms with E-state index >= 15 is 0 Å². The molecule has 5 nitrogen and oxygen atoms in total. The van der Waals surface area contributed by atoms with Crippen LogP contribution in [0.4, 0.5) is 4.39 Å². The lowest BCUT2D eigenvalue weighted by Gasteiger charge is -2.23. The topological polar surface area (TPSA) is 67.4 Å². The Bertz CT molecular complexity index is 547. The third-order valence-electron chi connectivity index (χ3n) is 2.70. The number of sulfonamides is 1. The predicted molar refractivity (Wildman–Crippen MR) is 71.9 cm³/mol. The van der Waals surface area contributed by atoms with Gasteiger partial charge in [0.25, 0.3) is 0 Å². The van der Waals surface area contributed by atoms with Crippen LogP contribution in [0, 0.1) is 5.82 Å². The number of morpholine rings is 1. The van der Waals surface area contributed by atoms with Gasteiger partial charge >= 0.3 is 0 Å². The van der Waals surface area contributed by atoms with Crippen molar-refractivity contribution >= 4 is 26.0 Å². The van der Waals surface area contributed by atoms with Gasteiger partial charge < -0.3 is 10.1 Å². The van der Waals surface area contributed by atoms with Crippen LogP contribution < -0.4 is 10.0 Å². The lowest BCUT2D eigenvalue weighted by Crippen LogP contribution is -2.48. The van der Waals surface area contributed by atoms with Crippen molar-refractivity contribution in [1.29, 1.82) is 0 Å². The maximum Gasteiger partial charge on any atom is 0.243 e. The first kappa shape index (κ1) is 14.9. The second kappa shape index (κ2) is 6.27. The highest BCUT2D eigenvalue weighted by molar-refractivity contribution is 9.10. The first-order valence-electron chi connectivity index (χ1n) is 5.75. The molecule has 1 heterocycles. The van der Waals surface area contributed by atoms with Crippen molar-refractivity contribution in [1.82, 2.24) is 10.0 Å². The SMILES string of the molecule is O=S(=O)(NCC1COCCN1)c1ccc(Br)cc1F. The van der Waals surface area contributed by atoms with Crippen LogP contribution in [0.5, 0.6) is 0 Å². The molecule has 0 bridgehead atoms. The molecule has 0 aromatic heterocycles. The van der Waals surface area contributed by atoms with Gasteiger partial charge in [0.2, 0.25) is 10.0 Å². The van der Waals surface area contributed by atoms with Gasteiger partial charge in [-0.05, 0) is 18.2 Å². The third kappa shape index (κ3) is 3.96. The van der Waals surface area contributed by atoms with Crippen LogP contribution in [0.15, 0.2) is 27.6 Å². The molecule has 2 rings (SSSR count). The monoisotopic (exact) mass is 352 g/mol. The molecule has 8 heteroatoms. The summed E-state index contributed by atoms with van der Waals surface area (Å²) in [5.41, 5.74) is 0. The fourth-order valence-corrected chi connectivity index (χ4v) is 3.20. The first-order valence-corrected chi connectivity index (χ1v) is 8.02. The van der Waals surface area contributed by atoms with Crippen LogP contribution in [0.2, 0.25) is 0 Å². The maximum atomic E-state index is 13.6. The summed E-state index contributed by atoms with van der Waals surface area (Å²) < 4.78 is 45.7. The van der Waals surface area contributed by atoms with Gasteiger partial charge in [-0.1, -0.05) is 15.9 Å². The highest BCUT2D eigenvalue weighted by Crippen LogP contribution is 2.19. The van der Waals surface area contributed by atoms with E-state index < -0.39 is 15.8 Å². The first-order chi connectivity index (χ1) is 8.99. The summed E-state index contributed by atoms with van der Waals surface area (Å²) in [6.45, 7) is 1.90. The Morgan fingerprint density at radius 2 is 2.32 bits per heavy atom. The van der Waals surface area contributed by atoms with E-state index in [-0.39, 0.29) is 17.5 Å². The molecular weight excluding hydrogens is 339 g/mol. The number of ether oxygens (including phenoxy) is 1. The number of halogens is 2. The fraction of sp³-hybridized carbons (Fsp3) is 0.455. The number of nitrogens with one attached hydrogen (secondary N) is 2. The second-order valence-corrected chi connectivity index (χ2v) is 6.80. The van der Waals surface area contributed by atoms with Crippen LogP contribution in [0.3, 0.4) is 0 Å². The molecule has 1 saturated heterocycles. The number of rotatable bonds is 4. The molecule has 1 atom stereocenters. The van der Waals surface area contributed by atoms with Crippen LogP contribution in [-0.2, 0) is 14.8 Å². The normalized spacial score (nSPS) is 20.4. The minimum Gasteiger partial charge on any atom is -0.378 e. The maximum absolute atomic E-state index is 13.6. The number of benzene rings is 1. The highest BCUT2D eigenvalue weighted by atomic mass is 79.9. The molecule has 0 amide bonds. The molecule has 106 valence electrons. The van der Waals surface area contributed by atoms with Crippen molar-refractivity contribution < 1.29 is 17.5 Å². The highest BCUT2D eigenvalue weighted by Gasteiger charge is 2.21. The Morgan fingerprint density at radius 1 is 1.53 bits per heavy atom. The molecule has 0 aliphatic carbocycles. The van der Waals surface area contributed by atoms with Crippen LogP contribution in [0.25, 0.3) is 0 Å². The predicted octanol–water partition coefficient (Wildman–Crippen LogP) is 0.855. The number of hydrogen-bond acceptors (Lipinski definition) is 4. The summed E-state index contributed by atoms with van der Waals surface area (Å²) in [6, 6.07) is 3.74. The van der Waals surface area contributed by atoms with Crippen molar-refractivity contribution in [2.75, 3.05) is 26.3 Å². The van der Waals surface area contributed by atoms with Gasteiger partial charge in [-0.15, -0.1) is 0 Å². The summed E-state index contributed by atoms with van der Waals surface area (Å²) in [5, 5.41) is 3.11. The Morgan fingerprint density at radius 3 is 2.95 bits per heavy atom. The largest absolute Gasteiger partial charge is 0.378 e. The van der Waals surface area contributed by atoms with Gasteiger partial charge in [0.05, 0.1) is 13.2 Å². The standard InChI is InChI=1S/C11H14BrFN2O3S/c12-8-1-2-11(10(13)5-8)19(16,17)15-6-9-7-18-4-3-14-9/h1-2,5,9,14-15H,3-4,6-7H2. The van der Waals surface area contributed by atoms with E-state index in [0.29, 0.717) is 24.2 Å². The van der Waals surface area contributed by atoms with Gasteiger partial charge in [-0.25, -0.2) is 17.5 Å². The second-order valence-electron chi connectivity index (χ2n) is 4.15. The van der Waals surface area contributed by atoms with Gasteiger partial charge in [0, 0.05) is 23.6 Å². The average Bonchev–Trinajstić information content (AvgIpc) is 2.37. The summed E-state index contributed by atoms with van der Waals surface area (Å²) in [7, 11) is -3.85. The van der Waals surface area contributed by atoms with Crippen molar-refractivity contribution in [2.45, 2.75) is 10.9 Å². The minimum absolute atomic E-state index is 0.0953. The lowest BCUT2D eigenvalue weighted by molar-refractivity contribution is 0.0784. The molecule has 1 aliphatic rings. The lowest BCUT2D eigenvalue weighted by atomic mass is 10.3. The molecule has 0 spiro atoms. The van der Waals surface area contributed by atoms with Crippen molar-refractivity contribution in [3.63, 3.8) is 0 Å². The summed E-state index contributed by atoms with van der Waals surface area (Å²) in [6.07, 6.45) is 0. The van der Waals surface area contributed by atoms with Crippen molar-refractivity contribution in [2.24, 2.45) is 0 Å². The van der Waals surface area contributed by atoms with Crippen LogP contribution in [0.1, 0.15) is 0 Å². The molecule has 2 N–H and O–H groups in total. The van der Waals surface area contributed by atoms with Gasteiger partial charge in [0.1, 0.15) is 10.7 Å². The van der Waals surface area contributed by atoms with Gasteiger partial charge in [-0.2, -0.15) is 0 Å². The molecule has 0 saturated carbocycles. The molecule has 1 aliphatic heterocycles. The molecule has 0 radical (unpaired) electrons. The van der Waals surface area contributed by atoms with E-state index in [1.165, 1.54) is 12.1 Å². The van der Waals surface area contributed by atoms with E-state index in [1.54, 1.807) is 0 Å². The molecule has 1 aromatic carbocycles. The minimum atomic E-state index is -3.85. The van der Waals surface area contributed by atoms with Crippen LogP contribution in [-0.4, -0.2) is 40.8 Å². The van der Waals surface area contributed by atoms with Crippen LogP contribution >= 0.6 is 15.9 Å². The Labute approximate surface area is 119 Å². The third-order valence-corrected chi connectivity index (χ3v) is 4.65.